The minimum atomic E-state index is -0.948. The highest BCUT2D eigenvalue weighted by Crippen LogP contribution is 2.40. The molecule has 0 aliphatic heterocycles. The number of halogens is 1. The van der Waals surface area contributed by atoms with Gasteiger partial charge in [-0.25, -0.2) is 9.37 Å². The van der Waals surface area contributed by atoms with Crippen molar-refractivity contribution < 1.29 is 19.1 Å². The van der Waals surface area contributed by atoms with Gasteiger partial charge in [-0.2, -0.15) is 0 Å². The Labute approximate surface area is 224 Å². The molecule has 4 rings (SSSR count). The predicted molar refractivity (Wildman–Crippen MR) is 148 cm³/mol. The molecule has 1 heterocycles. The zero-order chi connectivity index (χ0) is 27.3. The third kappa shape index (κ3) is 6.52. The van der Waals surface area contributed by atoms with Crippen molar-refractivity contribution in [2.75, 3.05) is 18.1 Å². The van der Waals surface area contributed by atoms with Crippen LogP contribution in [0.3, 0.4) is 0 Å². The summed E-state index contributed by atoms with van der Waals surface area (Å²) in [6, 6.07) is 15.6. The van der Waals surface area contributed by atoms with E-state index in [2.05, 4.69) is 31.0 Å². The number of nitrogens with one attached hydrogen (secondary N) is 1. The Hall–Kier alpha value is -3.42. The van der Waals surface area contributed by atoms with Crippen LogP contribution in [-0.4, -0.2) is 45.8 Å². The minimum Gasteiger partial charge on any atom is -0.481 e. The normalized spacial score (nSPS) is 17.9. The summed E-state index contributed by atoms with van der Waals surface area (Å²) < 4.78 is 15.7. The highest BCUT2D eigenvalue weighted by atomic mass is 19.1. The summed E-state index contributed by atoms with van der Waals surface area (Å²) >= 11 is 0. The molecule has 204 valence electrons. The van der Waals surface area contributed by atoms with Crippen molar-refractivity contribution in [3.05, 3.63) is 59.7 Å². The third-order valence-electron chi connectivity index (χ3n) is 7.76. The van der Waals surface area contributed by atoms with Gasteiger partial charge in [-0.3, -0.25) is 9.59 Å². The van der Waals surface area contributed by atoms with Gasteiger partial charge >= 0.3 is 5.97 Å². The second-order valence-corrected chi connectivity index (χ2v) is 11.3. The van der Waals surface area contributed by atoms with E-state index < -0.39 is 12.6 Å². The van der Waals surface area contributed by atoms with Crippen molar-refractivity contribution in [1.29, 1.82) is 0 Å². The van der Waals surface area contributed by atoms with Gasteiger partial charge in [0.15, 0.2) is 0 Å². The first-order valence-corrected chi connectivity index (χ1v) is 13.5. The number of carbonyl (C=O) groups excluding carboxylic acids is 1. The molecule has 7 nitrogen and oxygen atoms in total. The molecular weight excluding hydrogens is 483 g/mol. The van der Waals surface area contributed by atoms with Crippen molar-refractivity contribution in [3.63, 3.8) is 0 Å². The van der Waals surface area contributed by atoms with Crippen molar-refractivity contribution in [1.82, 2.24) is 14.9 Å². The number of amides is 1. The van der Waals surface area contributed by atoms with Crippen LogP contribution in [0.4, 0.5) is 10.3 Å². The van der Waals surface area contributed by atoms with Gasteiger partial charge < -0.3 is 19.9 Å². The molecule has 2 aromatic carbocycles. The van der Waals surface area contributed by atoms with Crippen molar-refractivity contribution in [2.24, 2.45) is 11.3 Å². The molecule has 1 amide bonds. The summed E-state index contributed by atoms with van der Waals surface area (Å²) in [6.07, 6.45) is 4.26. The quantitative estimate of drug-likeness (QED) is 0.350. The molecule has 0 atom stereocenters. The first-order chi connectivity index (χ1) is 18.2. The van der Waals surface area contributed by atoms with E-state index in [9.17, 15) is 14.0 Å². The van der Waals surface area contributed by atoms with Crippen molar-refractivity contribution in [2.45, 2.75) is 72.0 Å². The summed E-state index contributed by atoms with van der Waals surface area (Å²) in [5, 5.41) is 11.4. The maximum atomic E-state index is 13.7. The molecular formula is C30H39FN4O3. The van der Waals surface area contributed by atoms with Gasteiger partial charge in [0.2, 0.25) is 5.95 Å². The number of rotatable bonds is 10. The second-order valence-electron chi connectivity index (χ2n) is 11.3. The van der Waals surface area contributed by atoms with E-state index in [1.54, 1.807) is 12.1 Å². The first-order valence-electron chi connectivity index (χ1n) is 13.5. The molecule has 38 heavy (non-hydrogen) atoms. The number of carbonyl (C=O) groups is 2. The van der Waals surface area contributed by atoms with Gasteiger partial charge in [-0.1, -0.05) is 45.0 Å². The average molecular weight is 523 g/mol. The van der Waals surface area contributed by atoms with Gasteiger partial charge in [0.25, 0.3) is 5.91 Å². The molecule has 1 fully saturated rings. The fourth-order valence-electron chi connectivity index (χ4n) is 5.55. The van der Waals surface area contributed by atoms with Crippen LogP contribution in [0.1, 0.15) is 68.8 Å². The average Bonchev–Trinajstić information content (AvgIpc) is 3.25. The Morgan fingerprint density at radius 2 is 1.76 bits per heavy atom. The van der Waals surface area contributed by atoms with Crippen LogP contribution in [0.5, 0.6) is 0 Å². The van der Waals surface area contributed by atoms with Crippen LogP contribution >= 0.6 is 0 Å². The standard InChI is InChI=1S/C30H39FN4O3/c1-30(2,3)23-12-14-24(15-13-23)35(29-33-25-6-4-5-7-26(25)34(29)19-17-31)20-21-8-10-22(11-9-21)28(38)32-18-16-27(36)37/h4-11,23-24H,12-20H2,1-3H3,(H,32,38)(H,36,37). The van der Waals surface area contributed by atoms with Crippen LogP contribution < -0.4 is 10.2 Å². The number of anilines is 1. The first kappa shape index (κ1) is 27.6. The predicted octanol–water partition coefficient (Wildman–Crippen LogP) is 5.82. The fourth-order valence-corrected chi connectivity index (χ4v) is 5.55. The summed E-state index contributed by atoms with van der Waals surface area (Å²) in [7, 11) is 0. The topological polar surface area (TPSA) is 87.5 Å². The number of imidazole rings is 1. The number of aliphatic carboxylic acids is 1. The number of fused-ring (bicyclic) bond motifs is 1. The second kappa shape index (κ2) is 12.0. The van der Waals surface area contributed by atoms with Gasteiger partial charge in [-0.15, -0.1) is 0 Å². The third-order valence-corrected chi connectivity index (χ3v) is 7.76. The lowest BCUT2D eigenvalue weighted by atomic mass is 9.71. The lowest BCUT2D eigenvalue weighted by Crippen LogP contribution is -2.41. The number of aryl methyl sites for hydroxylation is 1. The monoisotopic (exact) mass is 522 g/mol. The summed E-state index contributed by atoms with van der Waals surface area (Å²) in [5.41, 5.74) is 3.59. The van der Waals surface area contributed by atoms with E-state index in [4.69, 9.17) is 10.1 Å². The number of carboxylic acids is 1. The maximum absolute atomic E-state index is 13.7. The molecule has 0 spiro atoms. The molecule has 0 saturated heterocycles. The van der Waals surface area contributed by atoms with E-state index >= 15 is 0 Å². The molecule has 1 aliphatic rings. The van der Waals surface area contributed by atoms with Crippen LogP contribution in [0.2, 0.25) is 0 Å². The van der Waals surface area contributed by atoms with E-state index in [0.29, 0.717) is 18.0 Å². The van der Waals surface area contributed by atoms with Crippen molar-refractivity contribution in [3.8, 4) is 0 Å². The molecule has 1 aromatic heterocycles. The molecule has 0 unspecified atom stereocenters. The molecule has 3 aromatic rings. The van der Waals surface area contributed by atoms with E-state index in [1.807, 2.05) is 41.0 Å². The Morgan fingerprint density at radius 1 is 1.08 bits per heavy atom. The van der Waals surface area contributed by atoms with Crippen LogP contribution in [0.25, 0.3) is 11.0 Å². The zero-order valence-corrected chi connectivity index (χ0v) is 22.6. The fraction of sp³-hybridized carbons (Fsp3) is 0.500. The number of benzene rings is 2. The van der Waals surface area contributed by atoms with E-state index in [-0.39, 0.29) is 36.9 Å². The van der Waals surface area contributed by atoms with Crippen LogP contribution in [0.15, 0.2) is 48.5 Å². The van der Waals surface area contributed by atoms with E-state index in [1.165, 1.54) is 0 Å². The van der Waals surface area contributed by atoms with Crippen molar-refractivity contribution >= 4 is 28.9 Å². The smallest absolute Gasteiger partial charge is 0.305 e. The number of nitrogens with zero attached hydrogens (tertiary/aromatic N) is 3. The highest BCUT2D eigenvalue weighted by Gasteiger charge is 2.33. The minimum absolute atomic E-state index is 0.0890. The Morgan fingerprint density at radius 3 is 2.39 bits per heavy atom. The number of aromatic nitrogens is 2. The lowest BCUT2D eigenvalue weighted by Gasteiger charge is -2.41. The number of carboxylic acid groups (broad SMARTS) is 1. The molecule has 1 saturated carbocycles. The summed E-state index contributed by atoms with van der Waals surface area (Å²) in [4.78, 5) is 30.4. The molecule has 2 N–H and O–H groups in total. The molecule has 8 heteroatoms. The number of hydrogen-bond acceptors (Lipinski definition) is 4. The molecule has 0 radical (unpaired) electrons. The Balaban J connectivity index is 1.60. The van der Waals surface area contributed by atoms with Crippen LogP contribution in [0, 0.1) is 11.3 Å². The van der Waals surface area contributed by atoms with E-state index in [0.717, 1.165) is 48.2 Å². The zero-order valence-electron chi connectivity index (χ0n) is 22.6. The number of alkyl halides is 1. The Bertz CT molecular complexity index is 1240. The Kier molecular flexibility index (Phi) is 8.69. The molecule has 1 aliphatic carbocycles. The van der Waals surface area contributed by atoms with Crippen LogP contribution in [-0.2, 0) is 17.9 Å². The van der Waals surface area contributed by atoms with Gasteiger partial charge in [0.05, 0.1) is 24.0 Å². The maximum Gasteiger partial charge on any atom is 0.305 e. The molecule has 0 bridgehead atoms. The number of hydrogen-bond donors (Lipinski definition) is 2. The lowest BCUT2D eigenvalue weighted by molar-refractivity contribution is -0.136. The van der Waals surface area contributed by atoms with Gasteiger partial charge in [0.1, 0.15) is 6.67 Å². The summed E-state index contributed by atoms with van der Waals surface area (Å²) in [5.74, 6) is 0.221. The largest absolute Gasteiger partial charge is 0.481 e. The summed E-state index contributed by atoms with van der Waals surface area (Å²) in [6.45, 7) is 7.41. The number of para-hydroxylation sites is 2. The highest BCUT2D eigenvalue weighted by molar-refractivity contribution is 5.94. The van der Waals surface area contributed by atoms with Gasteiger partial charge in [-0.05, 0) is 66.8 Å². The van der Waals surface area contributed by atoms with Gasteiger partial charge in [0, 0.05) is 24.7 Å². The SMILES string of the molecule is CC(C)(C)C1CCC(N(Cc2ccc(C(=O)NCCC(=O)O)cc2)c2nc3ccccc3n2CCF)CC1.